The Kier molecular flexibility index (Phi) is 4.66. The number of aryl methyl sites for hydroxylation is 1. The van der Waals surface area contributed by atoms with Gasteiger partial charge in [0.05, 0.1) is 12.3 Å². The maximum atomic E-state index is 11.7. The van der Waals surface area contributed by atoms with Gasteiger partial charge in [0.2, 0.25) is 0 Å². The van der Waals surface area contributed by atoms with Crippen LogP contribution in [-0.4, -0.2) is 35.2 Å². The van der Waals surface area contributed by atoms with Gasteiger partial charge in [0, 0.05) is 7.05 Å². The van der Waals surface area contributed by atoms with Gasteiger partial charge in [-0.05, 0) is 24.4 Å². The van der Waals surface area contributed by atoms with E-state index in [1.165, 1.54) is 11.9 Å². The van der Waals surface area contributed by atoms with E-state index in [1.54, 1.807) is 6.92 Å². The zero-order chi connectivity index (χ0) is 13.9. The van der Waals surface area contributed by atoms with Crippen molar-refractivity contribution in [1.29, 1.82) is 0 Å². The summed E-state index contributed by atoms with van der Waals surface area (Å²) in [6.07, 6.45) is -0.574. The van der Waals surface area contributed by atoms with E-state index in [0.29, 0.717) is 12.3 Å². The van der Waals surface area contributed by atoms with Gasteiger partial charge in [-0.3, -0.25) is 4.90 Å². The lowest BCUT2D eigenvalue weighted by molar-refractivity contribution is 0.0697. The molecule has 0 bridgehead atoms. The van der Waals surface area contributed by atoms with E-state index < -0.39 is 12.1 Å². The van der Waals surface area contributed by atoms with Gasteiger partial charge >= 0.3 is 12.1 Å². The molecular weight excluding hydrogens is 256 g/mol. The molecule has 0 atom stereocenters. The maximum Gasteiger partial charge on any atom is 0.414 e. The molecule has 0 saturated heterocycles. The molecule has 1 aromatic rings. The lowest BCUT2D eigenvalue weighted by atomic mass is 10.2. The first-order valence-electron chi connectivity index (χ1n) is 5.44. The predicted octanol–water partition coefficient (Wildman–Crippen LogP) is 2.38. The third-order valence-corrected chi connectivity index (χ3v) is 3.19. The van der Waals surface area contributed by atoms with Gasteiger partial charge in [-0.15, -0.1) is 0 Å². The number of aromatic nitrogens is 1. The number of carbonyl (C=O) groups is 2. The smallest absolute Gasteiger partial charge is 0.414 e. The molecule has 1 aromatic heterocycles. The topological polar surface area (TPSA) is 79.7 Å². The number of hydrogen-bond acceptors (Lipinski definition) is 5. The van der Waals surface area contributed by atoms with Crippen molar-refractivity contribution >= 4 is 28.6 Å². The first-order chi connectivity index (χ1) is 8.34. The van der Waals surface area contributed by atoms with E-state index in [2.05, 4.69) is 4.37 Å². The Hall–Kier alpha value is -1.63. The molecule has 1 amide bonds. The average molecular weight is 272 g/mol. The summed E-state index contributed by atoms with van der Waals surface area (Å²) in [4.78, 5) is 24.0. The zero-order valence-electron chi connectivity index (χ0n) is 10.8. The molecule has 0 aliphatic carbocycles. The minimum atomic E-state index is -1.10. The molecule has 0 saturated carbocycles. The zero-order valence-corrected chi connectivity index (χ0v) is 11.6. The molecule has 18 heavy (non-hydrogen) atoms. The third-order valence-electron chi connectivity index (χ3n) is 2.18. The Bertz CT molecular complexity index is 456. The molecule has 0 aliphatic rings. The van der Waals surface area contributed by atoms with Crippen molar-refractivity contribution in [3.05, 3.63) is 11.3 Å². The van der Waals surface area contributed by atoms with E-state index in [4.69, 9.17) is 9.84 Å². The fourth-order valence-corrected chi connectivity index (χ4v) is 2.09. The van der Waals surface area contributed by atoms with Gasteiger partial charge in [-0.1, -0.05) is 13.8 Å². The van der Waals surface area contributed by atoms with E-state index >= 15 is 0 Å². The van der Waals surface area contributed by atoms with Gasteiger partial charge in [0.1, 0.15) is 10.6 Å². The van der Waals surface area contributed by atoms with Crippen molar-refractivity contribution in [2.45, 2.75) is 20.8 Å². The van der Waals surface area contributed by atoms with E-state index in [9.17, 15) is 9.59 Å². The first-order valence-corrected chi connectivity index (χ1v) is 6.22. The summed E-state index contributed by atoms with van der Waals surface area (Å²) in [5, 5.41) is 9.36. The number of aromatic carboxylic acids is 1. The molecule has 100 valence electrons. The lowest BCUT2D eigenvalue weighted by Gasteiger charge is -2.16. The highest BCUT2D eigenvalue weighted by Gasteiger charge is 2.24. The van der Waals surface area contributed by atoms with Gasteiger partial charge in [0.15, 0.2) is 0 Å². The Labute approximate surface area is 109 Å². The molecule has 0 fully saturated rings. The highest BCUT2D eigenvalue weighted by Crippen LogP contribution is 2.28. The Balaban J connectivity index is 2.87. The van der Waals surface area contributed by atoms with E-state index in [-0.39, 0.29) is 16.5 Å². The summed E-state index contributed by atoms with van der Waals surface area (Å²) in [6.45, 7) is 5.74. The molecule has 0 radical (unpaired) electrons. The maximum absolute atomic E-state index is 11.7. The van der Waals surface area contributed by atoms with Crippen LogP contribution in [0.1, 0.15) is 29.9 Å². The molecule has 0 aliphatic heterocycles. The monoisotopic (exact) mass is 272 g/mol. The molecular formula is C11H16N2O4S. The Morgan fingerprint density at radius 1 is 1.50 bits per heavy atom. The number of carbonyl (C=O) groups excluding carboxylic acids is 1. The van der Waals surface area contributed by atoms with Crippen LogP contribution in [0.4, 0.5) is 9.80 Å². The Morgan fingerprint density at radius 3 is 2.61 bits per heavy atom. The molecule has 0 spiro atoms. The first kappa shape index (κ1) is 14.4. The van der Waals surface area contributed by atoms with Crippen LogP contribution in [0.25, 0.3) is 0 Å². The van der Waals surface area contributed by atoms with Gasteiger partial charge < -0.3 is 9.84 Å². The van der Waals surface area contributed by atoms with Crippen molar-refractivity contribution < 1.29 is 19.4 Å². The molecule has 1 heterocycles. The van der Waals surface area contributed by atoms with Crippen LogP contribution in [-0.2, 0) is 4.74 Å². The second-order valence-electron chi connectivity index (χ2n) is 4.28. The number of ether oxygens (including phenoxy) is 1. The molecule has 0 unspecified atom stereocenters. The summed E-state index contributed by atoms with van der Waals surface area (Å²) in [6, 6.07) is 0. The fraction of sp³-hybridized carbons (Fsp3) is 0.545. The third kappa shape index (κ3) is 3.19. The van der Waals surface area contributed by atoms with Crippen LogP contribution in [0, 0.1) is 12.8 Å². The lowest BCUT2D eigenvalue weighted by Crippen LogP contribution is -2.28. The SMILES string of the molecule is Cc1nsc(N(C)C(=O)OCC(C)C)c1C(=O)O. The van der Waals surface area contributed by atoms with Crippen molar-refractivity contribution in [2.24, 2.45) is 5.92 Å². The van der Waals surface area contributed by atoms with Crippen molar-refractivity contribution in [3.63, 3.8) is 0 Å². The normalized spacial score (nSPS) is 10.5. The van der Waals surface area contributed by atoms with Crippen LogP contribution in [0.5, 0.6) is 0 Å². The molecule has 6 nitrogen and oxygen atoms in total. The number of hydrogen-bond donors (Lipinski definition) is 1. The highest BCUT2D eigenvalue weighted by atomic mass is 32.1. The molecule has 0 aromatic carbocycles. The summed E-state index contributed by atoms with van der Waals surface area (Å²) >= 11 is 0.969. The quantitative estimate of drug-likeness (QED) is 0.910. The largest absolute Gasteiger partial charge is 0.478 e. The van der Waals surface area contributed by atoms with Gasteiger partial charge in [0.25, 0.3) is 0 Å². The van der Waals surface area contributed by atoms with Gasteiger partial charge in [-0.25, -0.2) is 9.59 Å². The highest BCUT2D eigenvalue weighted by molar-refractivity contribution is 7.11. The molecule has 1 rings (SSSR count). The minimum Gasteiger partial charge on any atom is -0.478 e. The van der Waals surface area contributed by atoms with Crippen molar-refractivity contribution in [1.82, 2.24) is 4.37 Å². The number of nitrogens with zero attached hydrogens (tertiary/aromatic N) is 2. The van der Waals surface area contributed by atoms with Crippen molar-refractivity contribution in [3.8, 4) is 0 Å². The standard InChI is InChI=1S/C11H16N2O4S/c1-6(2)5-17-11(16)13(4)9-8(10(14)15)7(3)12-18-9/h6H,5H2,1-4H3,(H,14,15). The number of carboxylic acids is 1. The van der Waals surface area contributed by atoms with Crippen LogP contribution in [0.3, 0.4) is 0 Å². The van der Waals surface area contributed by atoms with Crippen LogP contribution in [0.15, 0.2) is 0 Å². The summed E-state index contributed by atoms with van der Waals surface area (Å²) in [5.74, 6) is -0.871. The fourth-order valence-electron chi connectivity index (χ4n) is 1.25. The summed E-state index contributed by atoms with van der Waals surface area (Å²) in [7, 11) is 1.47. The molecule has 1 N–H and O–H groups in total. The predicted molar refractivity (Wildman–Crippen MR) is 68.4 cm³/mol. The van der Waals surface area contributed by atoms with Crippen molar-refractivity contribution in [2.75, 3.05) is 18.6 Å². The minimum absolute atomic E-state index is 0.0454. The second-order valence-corrected chi connectivity index (χ2v) is 5.03. The summed E-state index contributed by atoms with van der Waals surface area (Å²) in [5.41, 5.74) is 0.440. The average Bonchev–Trinajstić information content (AvgIpc) is 2.66. The number of rotatable bonds is 4. The van der Waals surface area contributed by atoms with E-state index in [0.717, 1.165) is 11.5 Å². The summed E-state index contributed by atoms with van der Waals surface area (Å²) < 4.78 is 8.98. The number of carboxylic acid groups (broad SMARTS) is 1. The Morgan fingerprint density at radius 2 is 2.11 bits per heavy atom. The number of anilines is 1. The van der Waals surface area contributed by atoms with E-state index in [1.807, 2.05) is 13.8 Å². The van der Waals surface area contributed by atoms with Crippen LogP contribution in [0.2, 0.25) is 0 Å². The van der Waals surface area contributed by atoms with Gasteiger partial charge in [-0.2, -0.15) is 4.37 Å². The van der Waals surface area contributed by atoms with Crippen LogP contribution < -0.4 is 4.90 Å². The van der Waals surface area contributed by atoms with Crippen LogP contribution >= 0.6 is 11.5 Å². The number of amides is 1. The molecule has 7 heteroatoms. The second kappa shape index (κ2) is 5.81.